The third-order valence-electron chi connectivity index (χ3n) is 1.79. The van der Waals surface area contributed by atoms with Crippen LogP contribution in [0.25, 0.3) is 0 Å². The van der Waals surface area contributed by atoms with Crippen molar-refractivity contribution in [3.05, 3.63) is 29.8 Å². The largest absolute Gasteiger partial charge is 0.491 e. The molecule has 0 aliphatic rings. The van der Waals surface area contributed by atoms with Gasteiger partial charge in [0.25, 0.3) is 0 Å². The summed E-state index contributed by atoms with van der Waals surface area (Å²) in [6.45, 7) is 2.26. The number of rotatable bonds is 5. The van der Waals surface area contributed by atoms with Crippen molar-refractivity contribution in [2.24, 2.45) is 0 Å². The average molecular weight is 197 g/mol. The van der Waals surface area contributed by atoms with E-state index in [1.54, 1.807) is 0 Å². The van der Waals surface area contributed by atoms with E-state index in [0.29, 0.717) is 5.75 Å². The fourth-order valence-corrected chi connectivity index (χ4v) is 0.991. The number of hydrogen-bond acceptors (Lipinski definition) is 4. The van der Waals surface area contributed by atoms with Crippen LogP contribution in [0.1, 0.15) is 5.56 Å². The van der Waals surface area contributed by atoms with Crippen molar-refractivity contribution in [3.8, 4) is 5.75 Å². The molecule has 0 heterocycles. The summed E-state index contributed by atoms with van der Waals surface area (Å²) in [5.41, 5.74) is 3.04. The summed E-state index contributed by atoms with van der Waals surface area (Å²) in [5, 5.41) is 17.5. The zero-order valence-electron chi connectivity index (χ0n) is 8.10. The number of nitrogens with one attached hydrogen (secondary N) is 1. The molecule has 0 bridgehead atoms. The van der Waals surface area contributed by atoms with Gasteiger partial charge in [-0.15, -0.1) is 0 Å². The summed E-state index contributed by atoms with van der Waals surface area (Å²) in [6.07, 6.45) is -0.707. The van der Waals surface area contributed by atoms with E-state index in [9.17, 15) is 5.11 Å². The van der Waals surface area contributed by atoms with E-state index in [1.807, 2.05) is 36.7 Å². The lowest BCUT2D eigenvalue weighted by Crippen LogP contribution is -2.29. The Morgan fingerprint density at radius 2 is 2.00 bits per heavy atom. The van der Waals surface area contributed by atoms with Crippen molar-refractivity contribution >= 4 is 0 Å². The van der Waals surface area contributed by atoms with Gasteiger partial charge in [-0.25, -0.2) is 5.48 Å². The van der Waals surface area contributed by atoms with Crippen LogP contribution in [0.15, 0.2) is 24.3 Å². The van der Waals surface area contributed by atoms with E-state index in [4.69, 9.17) is 9.94 Å². The van der Waals surface area contributed by atoms with Gasteiger partial charge in [-0.2, -0.15) is 0 Å². The monoisotopic (exact) mass is 197 g/mol. The Balaban J connectivity index is 2.34. The van der Waals surface area contributed by atoms with Crippen molar-refractivity contribution < 1.29 is 15.1 Å². The predicted octanol–water partition coefficient (Wildman–Crippen LogP) is 0.714. The molecule has 4 nitrogen and oxygen atoms in total. The minimum Gasteiger partial charge on any atom is -0.491 e. The molecule has 0 fully saturated rings. The van der Waals surface area contributed by atoms with Gasteiger partial charge in [0, 0.05) is 0 Å². The highest BCUT2D eigenvalue weighted by molar-refractivity contribution is 5.26. The van der Waals surface area contributed by atoms with Gasteiger partial charge in [-0.3, -0.25) is 0 Å². The predicted molar refractivity (Wildman–Crippen MR) is 52.5 cm³/mol. The average Bonchev–Trinajstić information content (AvgIpc) is 2.17. The highest BCUT2D eigenvalue weighted by Crippen LogP contribution is 2.11. The van der Waals surface area contributed by atoms with Crippen LogP contribution in [0.4, 0.5) is 0 Å². The normalized spacial score (nSPS) is 12.5. The molecule has 1 aromatic rings. The van der Waals surface area contributed by atoms with Crippen LogP contribution in [0.3, 0.4) is 0 Å². The molecule has 78 valence electrons. The lowest BCUT2D eigenvalue weighted by Gasteiger charge is -2.11. The van der Waals surface area contributed by atoms with Crippen molar-refractivity contribution in [1.29, 1.82) is 0 Å². The van der Waals surface area contributed by atoms with E-state index in [2.05, 4.69) is 0 Å². The number of aliphatic hydroxyl groups excluding tert-OH is 1. The topological polar surface area (TPSA) is 61.7 Å². The van der Waals surface area contributed by atoms with Crippen LogP contribution >= 0.6 is 0 Å². The lowest BCUT2D eigenvalue weighted by molar-refractivity contribution is 0.0601. The van der Waals surface area contributed by atoms with Crippen molar-refractivity contribution in [3.63, 3.8) is 0 Å². The standard InChI is InChI=1S/C10H15NO3/c1-8-2-4-10(5-3-8)14-7-9(12)6-11-13/h2-5,9,11-13H,6-7H2,1H3/t9-/m1/s1. The van der Waals surface area contributed by atoms with Gasteiger partial charge >= 0.3 is 0 Å². The molecule has 0 aliphatic carbocycles. The Bertz CT molecular complexity index is 261. The van der Waals surface area contributed by atoms with Gasteiger partial charge in [0.15, 0.2) is 0 Å². The highest BCUT2D eigenvalue weighted by Gasteiger charge is 2.03. The quantitative estimate of drug-likeness (QED) is 0.608. The molecule has 0 aliphatic heterocycles. The molecule has 1 aromatic carbocycles. The Hall–Kier alpha value is -1.10. The minimum absolute atomic E-state index is 0.103. The SMILES string of the molecule is Cc1ccc(OC[C@H](O)CNO)cc1. The molecule has 4 heteroatoms. The zero-order valence-corrected chi connectivity index (χ0v) is 8.10. The maximum atomic E-state index is 9.22. The molecule has 0 spiro atoms. The van der Waals surface area contributed by atoms with Crippen LogP contribution in [0, 0.1) is 6.92 Å². The molecule has 1 atom stereocenters. The van der Waals surface area contributed by atoms with Crippen LogP contribution in [0.5, 0.6) is 5.75 Å². The van der Waals surface area contributed by atoms with Gasteiger partial charge in [0.1, 0.15) is 18.5 Å². The summed E-state index contributed by atoms with van der Waals surface area (Å²) in [4.78, 5) is 0. The van der Waals surface area contributed by atoms with E-state index in [0.717, 1.165) is 5.56 Å². The second kappa shape index (κ2) is 5.59. The molecule has 0 aromatic heterocycles. The molecule has 0 amide bonds. The van der Waals surface area contributed by atoms with Crippen molar-refractivity contribution in [1.82, 2.24) is 5.48 Å². The summed E-state index contributed by atoms with van der Waals surface area (Å²) < 4.78 is 5.27. The zero-order chi connectivity index (χ0) is 10.4. The second-order valence-corrected chi connectivity index (χ2v) is 3.14. The van der Waals surface area contributed by atoms with E-state index in [-0.39, 0.29) is 13.2 Å². The Kier molecular flexibility index (Phi) is 4.39. The molecular formula is C10H15NO3. The third kappa shape index (κ3) is 3.74. The third-order valence-corrected chi connectivity index (χ3v) is 1.79. The number of aliphatic hydroxyl groups is 1. The summed E-state index contributed by atoms with van der Waals surface area (Å²) in [7, 11) is 0. The summed E-state index contributed by atoms with van der Waals surface area (Å²) >= 11 is 0. The van der Waals surface area contributed by atoms with Crippen LogP contribution in [0.2, 0.25) is 0 Å². The van der Waals surface area contributed by atoms with E-state index >= 15 is 0 Å². The van der Waals surface area contributed by atoms with Gasteiger partial charge in [-0.05, 0) is 19.1 Å². The Labute approximate surface area is 83.1 Å². The van der Waals surface area contributed by atoms with Gasteiger partial charge in [0.05, 0.1) is 6.54 Å². The number of ether oxygens (including phenoxy) is 1. The van der Waals surface area contributed by atoms with Crippen LogP contribution < -0.4 is 10.2 Å². The first kappa shape index (κ1) is 11.0. The van der Waals surface area contributed by atoms with Crippen molar-refractivity contribution in [2.75, 3.05) is 13.2 Å². The fraction of sp³-hybridized carbons (Fsp3) is 0.400. The Morgan fingerprint density at radius 1 is 1.36 bits per heavy atom. The smallest absolute Gasteiger partial charge is 0.119 e. The molecular weight excluding hydrogens is 182 g/mol. The van der Waals surface area contributed by atoms with Crippen molar-refractivity contribution in [2.45, 2.75) is 13.0 Å². The highest BCUT2D eigenvalue weighted by atomic mass is 16.5. The molecule has 0 saturated carbocycles. The number of hydroxylamine groups is 1. The lowest BCUT2D eigenvalue weighted by atomic mass is 10.2. The number of aryl methyl sites for hydroxylation is 1. The van der Waals surface area contributed by atoms with Crippen LogP contribution in [-0.2, 0) is 0 Å². The van der Waals surface area contributed by atoms with Crippen LogP contribution in [-0.4, -0.2) is 29.6 Å². The maximum absolute atomic E-state index is 9.22. The van der Waals surface area contributed by atoms with Gasteiger partial charge in [0.2, 0.25) is 0 Å². The minimum atomic E-state index is -0.707. The fourth-order valence-electron chi connectivity index (χ4n) is 0.991. The first-order valence-electron chi connectivity index (χ1n) is 4.47. The summed E-state index contributed by atoms with van der Waals surface area (Å²) in [6, 6.07) is 7.56. The molecule has 0 radical (unpaired) electrons. The number of benzene rings is 1. The molecule has 1 rings (SSSR count). The first-order valence-corrected chi connectivity index (χ1v) is 4.47. The molecule has 3 N–H and O–H groups in total. The van der Waals surface area contributed by atoms with E-state index < -0.39 is 6.10 Å². The maximum Gasteiger partial charge on any atom is 0.119 e. The second-order valence-electron chi connectivity index (χ2n) is 3.14. The Morgan fingerprint density at radius 3 is 2.57 bits per heavy atom. The molecule has 14 heavy (non-hydrogen) atoms. The number of hydrogen-bond donors (Lipinski definition) is 3. The molecule has 0 saturated heterocycles. The van der Waals surface area contributed by atoms with Gasteiger partial charge < -0.3 is 15.1 Å². The first-order chi connectivity index (χ1) is 6.72. The molecule has 0 unspecified atom stereocenters. The summed E-state index contributed by atoms with van der Waals surface area (Å²) in [5.74, 6) is 0.715. The van der Waals surface area contributed by atoms with E-state index in [1.165, 1.54) is 0 Å². The van der Waals surface area contributed by atoms with Gasteiger partial charge in [-0.1, -0.05) is 17.7 Å².